The number of carbonyl (C=O) groups excluding carboxylic acids is 2. The second-order valence-corrected chi connectivity index (χ2v) is 8.26. The van der Waals surface area contributed by atoms with Gasteiger partial charge in [-0.1, -0.05) is 13.8 Å². The van der Waals surface area contributed by atoms with Gasteiger partial charge in [-0.3, -0.25) is 4.79 Å². The zero-order chi connectivity index (χ0) is 21.3. The molecule has 1 heterocycles. The van der Waals surface area contributed by atoms with Gasteiger partial charge in [0.1, 0.15) is 11.5 Å². The largest absolute Gasteiger partial charge is 0.497 e. The number of esters is 1. The molecule has 1 aromatic rings. The summed E-state index contributed by atoms with van der Waals surface area (Å²) in [5, 5.41) is 3.33. The van der Waals surface area contributed by atoms with E-state index in [1.165, 1.54) is 0 Å². The lowest BCUT2D eigenvalue weighted by Gasteiger charge is -2.39. The summed E-state index contributed by atoms with van der Waals surface area (Å²) in [4.78, 5) is 26.2. The lowest BCUT2D eigenvalue weighted by molar-refractivity contribution is -0.138. The molecule has 0 saturated carbocycles. The SMILES string of the molecule is CCOC(=O)C1=C(C)NC2=C(C(=O)CC(C)(C)C2)C1c1cc(OC)ccc1OC. The van der Waals surface area contributed by atoms with Gasteiger partial charge in [0.2, 0.25) is 0 Å². The number of rotatable bonds is 5. The zero-order valence-corrected chi connectivity index (χ0v) is 18.0. The first-order valence-electron chi connectivity index (χ1n) is 9.85. The van der Waals surface area contributed by atoms with Crippen LogP contribution in [0.5, 0.6) is 11.5 Å². The lowest BCUT2D eigenvalue weighted by atomic mass is 9.68. The Morgan fingerprint density at radius 2 is 1.93 bits per heavy atom. The van der Waals surface area contributed by atoms with Gasteiger partial charge in [0.05, 0.1) is 32.3 Å². The summed E-state index contributed by atoms with van der Waals surface area (Å²) in [5.41, 5.74) is 3.19. The minimum atomic E-state index is -0.570. The highest BCUT2D eigenvalue weighted by molar-refractivity contribution is 6.04. The Balaban J connectivity index is 2.26. The predicted molar refractivity (Wildman–Crippen MR) is 110 cm³/mol. The Kier molecular flexibility index (Phi) is 5.73. The number of dihydropyridines is 1. The number of benzene rings is 1. The summed E-state index contributed by atoms with van der Waals surface area (Å²) in [6.07, 6.45) is 1.15. The molecule has 6 nitrogen and oxygen atoms in total. The number of hydrogen-bond acceptors (Lipinski definition) is 6. The molecule has 0 fully saturated rings. The topological polar surface area (TPSA) is 73.9 Å². The van der Waals surface area contributed by atoms with Crippen LogP contribution in [0.1, 0.15) is 52.0 Å². The Hall–Kier alpha value is -2.76. The van der Waals surface area contributed by atoms with Crippen LogP contribution in [0, 0.1) is 5.41 Å². The van der Waals surface area contributed by atoms with Crippen LogP contribution in [0.15, 0.2) is 40.7 Å². The van der Waals surface area contributed by atoms with E-state index >= 15 is 0 Å². The number of ketones is 1. The van der Waals surface area contributed by atoms with Crippen molar-refractivity contribution in [2.75, 3.05) is 20.8 Å². The number of Topliss-reactive ketones (excluding diaryl/α,β-unsaturated/α-hetero) is 1. The fourth-order valence-electron chi connectivity index (χ4n) is 4.29. The van der Waals surface area contributed by atoms with Crippen LogP contribution < -0.4 is 14.8 Å². The second-order valence-electron chi connectivity index (χ2n) is 8.26. The zero-order valence-electron chi connectivity index (χ0n) is 18.0. The van der Waals surface area contributed by atoms with Crippen molar-refractivity contribution in [1.82, 2.24) is 5.32 Å². The Morgan fingerprint density at radius 1 is 1.21 bits per heavy atom. The molecule has 1 aliphatic heterocycles. The van der Waals surface area contributed by atoms with Crippen LogP contribution in [0.25, 0.3) is 0 Å². The summed E-state index contributed by atoms with van der Waals surface area (Å²) < 4.78 is 16.3. The quantitative estimate of drug-likeness (QED) is 0.758. The van der Waals surface area contributed by atoms with Gasteiger partial charge in [-0.05, 0) is 43.9 Å². The fourth-order valence-corrected chi connectivity index (χ4v) is 4.29. The molecule has 6 heteroatoms. The van der Waals surface area contributed by atoms with Crippen molar-refractivity contribution in [1.29, 1.82) is 0 Å². The molecule has 29 heavy (non-hydrogen) atoms. The summed E-state index contributed by atoms with van der Waals surface area (Å²) in [6.45, 7) is 8.03. The molecule has 0 amide bonds. The van der Waals surface area contributed by atoms with Crippen molar-refractivity contribution >= 4 is 11.8 Å². The molecule has 0 spiro atoms. The van der Waals surface area contributed by atoms with Gasteiger partial charge in [0.25, 0.3) is 0 Å². The highest BCUT2D eigenvalue weighted by Gasteiger charge is 2.44. The van der Waals surface area contributed by atoms with E-state index in [2.05, 4.69) is 19.2 Å². The number of methoxy groups -OCH3 is 2. The van der Waals surface area contributed by atoms with E-state index in [9.17, 15) is 9.59 Å². The molecule has 1 aromatic carbocycles. The predicted octanol–water partition coefficient (Wildman–Crippen LogP) is 3.87. The van der Waals surface area contributed by atoms with E-state index in [0.717, 1.165) is 17.7 Å². The molecule has 3 rings (SSSR count). The molecule has 2 aliphatic rings. The van der Waals surface area contributed by atoms with Gasteiger partial charge in [-0.15, -0.1) is 0 Å². The van der Waals surface area contributed by atoms with Crippen LogP contribution >= 0.6 is 0 Å². The molecule has 1 aliphatic carbocycles. The number of allylic oxidation sites excluding steroid dienone is 3. The minimum Gasteiger partial charge on any atom is -0.497 e. The van der Waals surface area contributed by atoms with E-state index in [4.69, 9.17) is 14.2 Å². The van der Waals surface area contributed by atoms with Crippen molar-refractivity contribution in [3.05, 3.63) is 46.3 Å². The molecular formula is C23H29NO5. The highest BCUT2D eigenvalue weighted by atomic mass is 16.5. The Bertz CT molecular complexity index is 910. The van der Waals surface area contributed by atoms with Crippen LogP contribution in [0.3, 0.4) is 0 Å². The van der Waals surface area contributed by atoms with Crippen LogP contribution in [0.4, 0.5) is 0 Å². The third kappa shape index (κ3) is 3.88. The fraction of sp³-hybridized carbons (Fsp3) is 0.478. The number of nitrogens with one attached hydrogen (secondary N) is 1. The molecule has 1 N–H and O–H groups in total. The third-order valence-corrected chi connectivity index (χ3v) is 5.48. The van der Waals surface area contributed by atoms with Gasteiger partial charge in [-0.2, -0.15) is 0 Å². The third-order valence-electron chi connectivity index (χ3n) is 5.48. The molecule has 1 atom stereocenters. The smallest absolute Gasteiger partial charge is 0.336 e. The van der Waals surface area contributed by atoms with Crippen LogP contribution in [-0.2, 0) is 14.3 Å². The molecular weight excluding hydrogens is 370 g/mol. The number of carbonyl (C=O) groups is 2. The van der Waals surface area contributed by atoms with Crippen molar-refractivity contribution in [2.45, 2.75) is 46.5 Å². The number of ether oxygens (including phenoxy) is 3. The van der Waals surface area contributed by atoms with E-state index < -0.39 is 11.9 Å². The summed E-state index contributed by atoms with van der Waals surface area (Å²) in [6, 6.07) is 5.43. The summed E-state index contributed by atoms with van der Waals surface area (Å²) in [5.74, 6) is 0.256. The maximum atomic E-state index is 13.3. The first-order chi connectivity index (χ1) is 13.7. The van der Waals surface area contributed by atoms with E-state index in [1.54, 1.807) is 33.3 Å². The minimum absolute atomic E-state index is 0.0351. The van der Waals surface area contributed by atoms with Gasteiger partial charge in [0.15, 0.2) is 5.78 Å². The Morgan fingerprint density at radius 3 is 2.55 bits per heavy atom. The molecule has 1 unspecified atom stereocenters. The van der Waals surface area contributed by atoms with Gasteiger partial charge >= 0.3 is 5.97 Å². The first-order valence-corrected chi connectivity index (χ1v) is 9.85. The van der Waals surface area contributed by atoms with Gasteiger partial charge < -0.3 is 19.5 Å². The molecule has 0 radical (unpaired) electrons. The maximum absolute atomic E-state index is 13.3. The normalized spacial score (nSPS) is 20.8. The van der Waals surface area contributed by atoms with Crippen molar-refractivity contribution < 1.29 is 23.8 Å². The standard InChI is InChI=1S/C23H29NO5/c1-7-29-22(26)19-13(2)24-16-11-23(3,4)12-17(25)21(16)20(19)15-10-14(27-5)8-9-18(15)28-6/h8-10,20,24H,7,11-12H2,1-6H3. The average Bonchev–Trinajstić information content (AvgIpc) is 2.65. The van der Waals surface area contributed by atoms with Crippen LogP contribution in [0.2, 0.25) is 0 Å². The Labute approximate surface area is 171 Å². The molecule has 156 valence electrons. The van der Waals surface area contributed by atoms with Crippen LogP contribution in [-0.4, -0.2) is 32.6 Å². The van der Waals surface area contributed by atoms with Gasteiger partial charge in [-0.25, -0.2) is 4.79 Å². The number of hydrogen-bond donors (Lipinski definition) is 1. The highest BCUT2D eigenvalue weighted by Crippen LogP contribution is 2.49. The second kappa shape index (κ2) is 7.93. The first kappa shape index (κ1) is 21.0. The van der Waals surface area contributed by atoms with Gasteiger partial charge in [0, 0.05) is 29.0 Å². The summed E-state index contributed by atoms with van der Waals surface area (Å²) in [7, 11) is 3.16. The average molecular weight is 399 g/mol. The van der Waals surface area contributed by atoms with E-state index in [-0.39, 0.29) is 17.8 Å². The van der Waals surface area contributed by atoms with Crippen molar-refractivity contribution in [2.24, 2.45) is 5.41 Å². The summed E-state index contributed by atoms with van der Waals surface area (Å²) >= 11 is 0. The van der Waals surface area contributed by atoms with E-state index in [0.29, 0.717) is 34.8 Å². The van der Waals surface area contributed by atoms with Crippen molar-refractivity contribution in [3.8, 4) is 11.5 Å². The molecule has 0 saturated heterocycles. The monoisotopic (exact) mass is 399 g/mol. The van der Waals surface area contributed by atoms with E-state index in [1.807, 2.05) is 13.0 Å². The lowest BCUT2D eigenvalue weighted by Crippen LogP contribution is -2.38. The molecule has 0 aromatic heterocycles. The van der Waals surface area contributed by atoms with Crippen molar-refractivity contribution in [3.63, 3.8) is 0 Å². The molecule has 0 bridgehead atoms. The maximum Gasteiger partial charge on any atom is 0.336 e.